The van der Waals surface area contributed by atoms with E-state index in [4.69, 9.17) is 4.74 Å². The Morgan fingerprint density at radius 2 is 0.773 bits per heavy atom. The Balaban J connectivity index is 4.50. The smallest absolute Gasteiger partial charge is 0.306 e. The van der Waals surface area contributed by atoms with Crippen LogP contribution in [0.2, 0.25) is 0 Å². The molecule has 0 bridgehead atoms. The molecule has 6 heteroatoms. The summed E-state index contributed by atoms with van der Waals surface area (Å²) in [5, 5.41) is 23.8. The highest BCUT2D eigenvalue weighted by molar-refractivity contribution is 5.77. The van der Waals surface area contributed by atoms with E-state index in [-0.39, 0.29) is 24.9 Å². The minimum Gasteiger partial charge on any atom is -0.462 e. The number of rotatable bonds is 54. The summed E-state index contributed by atoms with van der Waals surface area (Å²) >= 11 is 0. The van der Waals surface area contributed by atoms with E-state index in [1.165, 1.54) is 225 Å². The molecule has 3 N–H and O–H groups in total. The van der Waals surface area contributed by atoms with Crippen molar-refractivity contribution < 1.29 is 24.5 Å². The number of unbranched alkanes of at least 4 members (excludes halogenated alkanes) is 38. The lowest BCUT2D eigenvalue weighted by Gasteiger charge is -2.24. The zero-order chi connectivity index (χ0) is 48.1. The maximum atomic E-state index is 13.3. The number of aliphatic hydroxyl groups excluding tert-OH is 2. The molecule has 0 saturated heterocycles. The van der Waals surface area contributed by atoms with Gasteiger partial charge in [-0.05, 0) is 57.8 Å². The third kappa shape index (κ3) is 48.8. The molecule has 3 unspecified atom stereocenters. The van der Waals surface area contributed by atoms with E-state index in [1.54, 1.807) is 0 Å². The highest BCUT2D eigenvalue weighted by Crippen LogP contribution is 2.19. The molecule has 0 heterocycles. The van der Waals surface area contributed by atoms with E-state index in [1.807, 2.05) is 0 Å². The fourth-order valence-corrected chi connectivity index (χ4v) is 9.29. The molecule has 0 spiro atoms. The molecular formula is C60H115NO5. The Morgan fingerprint density at radius 3 is 1.18 bits per heavy atom. The van der Waals surface area contributed by atoms with Gasteiger partial charge in [0, 0.05) is 6.42 Å². The molecule has 390 valence electrons. The van der Waals surface area contributed by atoms with Crippen LogP contribution in [-0.4, -0.2) is 46.9 Å². The number of aliphatic hydroxyl groups is 2. The second-order valence-corrected chi connectivity index (χ2v) is 20.4. The second kappa shape index (κ2) is 54.3. The molecule has 0 rings (SSSR count). The maximum Gasteiger partial charge on any atom is 0.306 e. The molecule has 0 aromatic rings. The molecule has 0 aliphatic heterocycles. The first kappa shape index (κ1) is 64.3. The van der Waals surface area contributed by atoms with E-state index < -0.39 is 18.2 Å². The molecule has 66 heavy (non-hydrogen) atoms. The van der Waals surface area contributed by atoms with Gasteiger partial charge in [-0.25, -0.2) is 0 Å². The van der Waals surface area contributed by atoms with Gasteiger partial charge in [0.1, 0.15) is 6.10 Å². The molecule has 6 nitrogen and oxygen atoms in total. The molecule has 0 fully saturated rings. The normalized spacial score (nSPS) is 13.2. The summed E-state index contributed by atoms with van der Waals surface area (Å²) in [5.41, 5.74) is 0. The Bertz CT molecular complexity index is 1040. The van der Waals surface area contributed by atoms with Gasteiger partial charge in [0.15, 0.2) is 0 Å². The van der Waals surface area contributed by atoms with Crippen molar-refractivity contribution in [1.82, 2.24) is 5.32 Å². The summed E-state index contributed by atoms with van der Waals surface area (Å²) < 4.78 is 5.97. The Labute approximate surface area is 411 Å². The van der Waals surface area contributed by atoms with Crippen LogP contribution in [0.25, 0.3) is 0 Å². The lowest BCUT2D eigenvalue weighted by atomic mass is 10.0. The number of nitrogens with one attached hydrogen (secondary N) is 1. The zero-order valence-corrected chi connectivity index (χ0v) is 44.6. The molecule has 0 aliphatic rings. The molecule has 1 amide bonds. The highest BCUT2D eigenvalue weighted by Gasteiger charge is 2.24. The van der Waals surface area contributed by atoms with Crippen molar-refractivity contribution in [2.24, 2.45) is 0 Å². The predicted molar refractivity (Wildman–Crippen MR) is 287 cm³/mol. The topological polar surface area (TPSA) is 95.9 Å². The van der Waals surface area contributed by atoms with Gasteiger partial charge in [0.2, 0.25) is 5.91 Å². The van der Waals surface area contributed by atoms with E-state index in [0.717, 1.165) is 51.4 Å². The SMILES string of the molecule is CCCCC/C=C\C/C=C\CCCCCCCCCCCC(=O)OC(CCCCCCCCCCCCCCCCCCC)CC(=O)NC(CO)C(O)CCCCCCCCCCCCC. The lowest BCUT2D eigenvalue weighted by Crippen LogP contribution is -2.46. The van der Waals surface area contributed by atoms with Gasteiger partial charge in [0.05, 0.1) is 25.2 Å². The molecule has 3 atom stereocenters. The first-order chi connectivity index (χ1) is 32.5. The summed E-state index contributed by atoms with van der Waals surface area (Å²) in [4.78, 5) is 26.3. The first-order valence-corrected chi connectivity index (χ1v) is 29.6. The maximum absolute atomic E-state index is 13.3. The average molecular weight is 931 g/mol. The van der Waals surface area contributed by atoms with Crippen LogP contribution in [0, 0.1) is 0 Å². The lowest BCUT2D eigenvalue weighted by molar-refractivity contribution is -0.151. The third-order valence-corrected chi connectivity index (χ3v) is 13.8. The van der Waals surface area contributed by atoms with Crippen molar-refractivity contribution in [1.29, 1.82) is 0 Å². The molecule has 0 radical (unpaired) electrons. The summed E-state index contributed by atoms with van der Waals surface area (Å²) in [6.45, 7) is 6.49. The van der Waals surface area contributed by atoms with E-state index in [9.17, 15) is 19.8 Å². The Hall–Kier alpha value is -1.66. The number of hydrogen-bond acceptors (Lipinski definition) is 5. The minimum absolute atomic E-state index is 0.0824. The number of hydrogen-bond donors (Lipinski definition) is 3. The zero-order valence-electron chi connectivity index (χ0n) is 44.6. The number of allylic oxidation sites excluding steroid dienone is 4. The predicted octanol–water partition coefficient (Wildman–Crippen LogP) is 18.2. The average Bonchev–Trinajstić information content (AvgIpc) is 3.31. The number of carbonyl (C=O) groups is 2. The van der Waals surface area contributed by atoms with Crippen LogP contribution >= 0.6 is 0 Å². The molecular weight excluding hydrogens is 815 g/mol. The molecule has 0 saturated carbocycles. The summed E-state index contributed by atoms with van der Waals surface area (Å²) in [7, 11) is 0. The first-order valence-electron chi connectivity index (χ1n) is 29.6. The van der Waals surface area contributed by atoms with Gasteiger partial charge in [-0.1, -0.05) is 276 Å². The van der Waals surface area contributed by atoms with Crippen molar-refractivity contribution >= 4 is 11.9 Å². The Kier molecular flexibility index (Phi) is 52.9. The summed E-state index contributed by atoms with van der Waals surface area (Å²) in [6, 6.07) is -0.697. The van der Waals surface area contributed by atoms with Crippen LogP contribution in [0.15, 0.2) is 24.3 Å². The van der Waals surface area contributed by atoms with Crippen molar-refractivity contribution in [3.63, 3.8) is 0 Å². The molecule has 0 aromatic carbocycles. The van der Waals surface area contributed by atoms with Crippen LogP contribution in [-0.2, 0) is 14.3 Å². The molecule has 0 aliphatic carbocycles. The van der Waals surface area contributed by atoms with Gasteiger partial charge in [0.25, 0.3) is 0 Å². The summed E-state index contributed by atoms with van der Waals surface area (Å²) in [6.07, 6.45) is 63.9. The van der Waals surface area contributed by atoms with Crippen molar-refractivity contribution in [2.45, 2.75) is 341 Å². The molecule has 0 aromatic heterocycles. The number of esters is 1. The fraction of sp³-hybridized carbons (Fsp3) is 0.900. The number of carbonyl (C=O) groups excluding carboxylic acids is 2. The van der Waals surface area contributed by atoms with Crippen LogP contribution in [0.5, 0.6) is 0 Å². The van der Waals surface area contributed by atoms with E-state index in [0.29, 0.717) is 19.3 Å². The van der Waals surface area contributed by atoms with E-state index in [2.05, 4.69) is 50.4 Å². The largest absolute Gasteiger partial charge is 0.462 e. The van der Waals surface area contributed by atoms with Crippen molar-refractivity contribution in [3.8, 4) is 0 Å². The van der Waals surface area contributed by atoms with Crippen molar-refractivity contribution in [2.75, 3.05) is 6.61 Å². The van der Waals surface area contributed by atoms with Crippen molar-refractivity contribution in [3.05, 3.63) is 24.3 Å². The fourth-order valence-electron chi connectivity index (χ4n) is 9.29. The van der Waals surface area contributed by atoms with Gasteiger partial charge in [-0.3, -0.25) is 9.59 Å². The quantitative estimate of drug-likeness (QED) is 0.0321. The summed E-state index contributed by atoms with van der Waals surface area (Å²) in [5.74, 6) is -0.457. The van der Waals surface area contributed by atoms with Gasteiger partial charge in [-0.15, -0.1) is 0 Å². The minimum atomic E-state index is -0.784. The second-order valence-electron chi connectivity index (χ2n) is 20.4. The van der Waals surface area contributed by atoms with Gasteiger partial charge in [-0.2, -0.15) is 0 Å². The standard InChI is InChI=1S/C60H115NO5/c1-4-7-10-13-16-19-22-24-26-28-29-31-33-35-38-41-44-47-50-53-60(65)66-56(51-48-45-42-39-37-34-32-30-27-25-23-20-17-14-11-8-5-2)54-59(64)61-57(55-62)58(63)52-49-46-43-40-36-21-18-15-12-9-6-3/h16,19,24,26,56-58,62-63H,4-15,17-18,20-23,25,27-55H2,1-3H3,(H,61,64)/b19-16-,26-24-. The van der Waals surface area contributed by atoms with Gasteiger partial charge >= 0.3 is 5.97 Å². The highest BCUT2D eigenvalue weighted by atomic mass is 16.5. The number of amides is 1. The van der Waals surface area contributed by atoms with Crippen LogP contribution in [0.4, 0.5) is 0 Å². The number of ether oxygens (including phenoxy) is 1. The third-order valence-electron chi connectivity index (χ3n) is 13.8. The monoisotopic (exact) mass is 930 g/mol. The van der Waals surface area contributed by atoms with Gasteiger partial charge < -0.3 is 20.3 Å². The van der Waals surface area contributed by atoms with Crippen LogP contribution in [0.1, 0.15) is 323 Å². The van der Waals surface area contributed by atoms with Crippen LogP contribution < -0.4 is 5.32 Å². The van der Waals surface area contributed by atoms with E-state index >= 15 is 0 Å². The van der Waals surface area contributed by atoms with Crippen LogP contribution in [0.3, 0.4) is 0 Å². The Morgan fingerprint density at radius 1 is 0.439 bits per heavy atom.